The molecule has 0 bridgehead atoms. The van der Waals surface area contributed by atoms with Gasteiger partial charge in [0.15, 0.2) is 0 Å². The molecule has 17 heavy (non-hydrogen) atoms. The summed E-state index contributed by atoms with van der Waals surface area (Å²) in [6, 6.07) is 1.80. The zero-order valence-corrected chi connectivity index (χ0v) is 10.3. The highest BCUT2D eigenvalue weighted by atomic mass is 16.5. The maximum absolute atomic E-state index is 6.17. The van der Waals surface area contributed by atoms with Crippen molar-refractivity contribution in [3.8, 4) is 5.88 Å². The average Bonchev–Trinajstić information content (AvgIpc) is 2.76. The summed E-state index contributed by atoms with van der Waals surface area (Å²) in [5, 5.41) is 0. The highest BCUT2D eigenvalue weighted by molar-refractivity contribution is 5.14. The first-order valence-electron chi connectivity index (χ1n) is 5.93. The van der Waals surface area contributed by atoms with Gasteiger partial charge in [0.05, 0.1) is 13.2 Å². The predicted molar refractivity (Wildman–Crippen MR) is 63.8 cm³/mol. The van der Waals surface area contributed by atoms with Crippen LogP contribution in [0.1, 0.15) is 19.0 Å². The maximum atomic E-state index is 6.17. The summed E-state index contributed by atoms with van der Waals surface area (Å²) in [4.78, 5) is 8.17. The Morgan fingerprint density at radius 2 is 2.41 bits per heavy atom. The van der Waals surface area contributed by atoms with E-state index in [4.69, 9.17) is 15.2 Å². The molecule has 0 aliphatic carbocycles. The standard InChI is InChI=1S/C12H19N3O2/c1-8-3-4-17-12(8)10(13)5-9-6-11(16-2)15-7-14-9/h6-8,10,12H,3-5,13H2,1-2H3. The van der Waals surface area contributed by atoms with Gasteiger partial charge in [-0.25, -0.2) is 9.97 Å². The van der Waals surface area contributed by atoms with Crippen LogP contribution in [0.5, 0.6) is 5.88 Å². The normalized spacial score (nSPS) is 25.8. The van der Waals surface area contributed by atoms with E-state index in [0.29, 0.717) is 18.2 Å². The van der Waals surface area contributed by atoms with Gasteiger partial charge in [-0.2, -0.15) is 0 Å². The van der Waals surface area contributed by atoms with Crippen LogP contribution < -0.4 is 10.5 Å². The van der Waals surface area contributed by atoms with Crippen LogP contribution in [0, 0.1) is 5.92 Å². The number of methoxy groups -OCH3 is 1. The quantitative estimate of drug-likeness (QED) is 0.838. The van der Waals surface area contributed by atoms with Crippen molar-refractivity contribution in [1.29, 1.82) is 0 Å². The van der Waals surface area contributed by atoms with Crippen molar-refractivity contribution in [1.82, 2.24) is 9.97 Å². The molecule has 1 aromatic heterocycles. The lowest BCUT2D eigenvalue weighted by atomic mass is 9.95. The molecular weight excluding hydrogens is 218 g/mol. The first kappa shape index (κ1) is 12.3. The van der Waals surface area contributed by atoms with E-state index in [1.165, 1.54) is 6.33 Å². The Hall–Kier alpha value is -1.20. The molecule has 2 rings (SSSR count). The summed E-state index contributed by atoms with van der Waals surface area (Å²) in [5.74, 6) is 1.09. The molecule has 0 spiro atoms. The predicted octanol–water partition coefficient (Wildman–Crippen LogP) is 0.780. The van der Waals surface area contributed by atoms with E-state index in [1.54, 1.807) is 7.11 Å². The molecule has 3 unspecified atom stereocenters. The van der Waals surface area contributed by atoms with Crippen LogP contribution >= 0.6 is 0 Å². The molecule has 5 nitrogen and oxygen atoms in total. The van der Waals surface area contributed by atoms with E-state index in [9.17, 15) is 0 Å². The smallest absolute Gasteiger partial charge is 0.216 e. The highest BCUT2D eigenvalue weighted by Gasteiger charge is 2.30. The Morgan fingerprint density at radius 1 is 1.59 bits per heavy atom. The van der Waals surface area contributed by atoms with Gasteiger partial charge in [0.2, 0.25) is 5.88 Å². The molecule has 0 saturated carbocycles. The zero-order chi connectivity index (χ0) is 12.3. The monoisotopic (exact) mass is 237 g/mol. The largest absolute Gasteiger partial charge is 0.481 e. The summed E-state index contributed by atoms with van der Waals surface area (Å²) >= 11 is 0. The van der Waals surface area contributed by atoms with Crippen LogP contribution in [0.15, 0.2) is 12.4 Å². The summed E-state index contributed by atoms with van der Waals surface area (Å²) in [7, 11) is 1.59. The Labute approximate surface area is 101 Å². The molecule has 2 N–H and O–H groups in total. The Balaban J connectivity index is 1.99. The molecule has 1 aliphatic rings. The second-order valence-electron chi connectivity index (χ2n) is 4.52. The molecule has 94 valence electrons. The van der Waals surface area contributed by atoms with Gasteiger partial charge >= 0.3 is 0 Å². The van der Waals surface area contributed by atoms with Crippen LogP contribution in [-0.4, -0.2) is 35.8 Å². The number of nitrogens with two attached hydrogens (primary N) is 1. The molecule has 1 aromatic rings. The summed E-state index contributed by atoms with van der Waals surface area (Å²) in [5.41, 5.74) is 7.06. The highest BCUT2D eigenvalue weighted by Crippen LogP contribution is 2.23. The fraction of sp³-hybridized carbons (Fsp3) is 0.667. The number of aromatic nitrogens is 2. The number of hydrogen-bond donors (Lipinski definition) is 1. The van der Waals surface area contributed by atoms with Crippen molar-refractivity contribution in [2.24, 2.45) is 11.7 Å². The first-order chi connectivity index (χ1) is 8.20. The molecule has 3 atom stereocenters. The van der Waals surface area contributed by atoms with E-state index in [2.05, 4.69) is 16.9 Å². The van der Waals surface area contributed by atoms with Crippen LogP contribution in [0.4, 0.5) is 0 Å². The van der Waals surface area contributed by atoms with Gasteiger partial charge in [-0.05, 0) is 12.3 Å². The van der Waals surface area contributed by atoms with E-state index in [0.717, 1.165) is 18.7 Å². The topological polar surface area (TPSA) is 70.3 Å². The molecule has 1 aliphatic heterocycles. The van der Waals surface area contributed by atoms with Gasteiger partial charge in [-0.1, -0.05) is 6.92 Å². The van der Waals surface area contributed by atoms with Crippen molar-refractivity contribution in [3.63, 3.8) is 0 Å². The lowest BCUT2D eigenvalue weighted by Crippen LogP contribution is -2.39. The lowest BCUT2D eigenvalue weighted by Gasteiger charge is -2.22. The second-order valence-corrected chi connectivity index (χ2v) is 4.52. The molecule has 1 fully saturated rings. The molecule has 2 heterocycles. The van der Waals surface area contributed by atoms with Gasteiger partial charge < -0.3 is 15.2 Å². The Morgan fingerprint density at radius 3 is 3.06 bits per heavy atom. The van der Waals surface area contributed by atoms with Crippen molar-refractivity contribution in [2.75, 3.05) is 13.7 Å². The van der Waals surface area contributed by atoms with Crippen LogP contribution in [-0.2, 0) is 11.2 Å². The molecule has 0 aromatic carbocycles. The third-order valence-corrected chi connectivity index (χ3v) is 3.22. The van der Waals surface area contributed by atoms with E-state index in [1.807, 2.05) is 6.07 Å². The fourth-order valence-corrected chi connectivity index (χ4v) is 2.22. The third-order valence-electron chi connectivity index (χ3n) is 3.22. The summed E-state index contributed by atoms with van der Waals surface area (Å²) in [6.07, 6.45) is 3.41. The van der Waals surface area contributed by atoms with Gasteiger partial charge in [-0.15, -0.1) is 0 Å². The van der Waals surface area contributed by atoms with Gasteiger partial charge in [0, 0.05) is 30.8 Å². The van der Waals surface area contributed by atoms with Crippen molar-refractivity contribution >= 4 is 0 Å². The van der Waals surface area contributed by atoms with Crippen molar-refractivity contribution in [2.45, 2.75) is 31.9 Å². The molecule has 5 heteroatoms. The molecule has 1 saturated heterocycles. The average molecular weight is 237 g/mol. The Bertz CT molecular complexity index is 373. The van der Waals surface area contributed by atoms with E-state index in [-0.39, 0.29) is 12.1 Å². The first-order valence-corrected chi connectivity index (χ1v) is 5.93. The minimum Gasteiger partial charge on any atom is -0.481 e. The Kier molecular flexibility index (Phi) is 3.91. The number of nitrogens with zero attached hydrogens (tertiary/aromatic N) is 2. The number of rotatable bonds is 4. The van der Waals surface area contributed by atoms with Crippen LogP contribution in [0.3, 0.4) is 0 Å². The van der Waals surface area contributed by atoms with Crippen LogP contribution in [0.2, 0.25) is 0 Å². The van der Waals surface area contributed by atoms with Gasteiger partial charge in [0.1, 0.15) is 6.33 Å². The summed E-state index contributed by atoms with van der Waals surface area (Å²) in [6.45, 7) is 2.99. The summed E-state index contributed by atoms with van der Waals surface area (Å²) < 4.78 is 10.7. The van der Waals surface area contributed by atoms with Gasteiger partial charge in [0.25, 0.3) is 0 Å². The van der Waals surface area contributed by atoms with Crippen LogP contribution in [0.25, 0.3) is 0 Å². The van der Waals surface area contributed by atoms with Crippen molar-refractivity contribution in [3.05, 3.63) is 18.1 Å². The van der Waals surface area contributed by atoms with Gasteiger partial charge in [-0.3, -0.25) is 0 Å². The van der Waals surface area contributed by atoms with E-state index < -0.39 is 0 Å². The number of hydrogen-bond acceptors (Lipinski definition) is 5. The lowest BCUT2D eigenvalue weighted by molar-refractivity contribution is 0.0723. The van der Waals surface area contributed by atoms with Crippen molar-refractivity contribution < 1.29 is 9.47 Å². The number of ether oxygens (including phenoxy) is 2. The molecule has 0 amide bonds. The second kappa shape index (κ2) is 5.42. The van der Waals surface area contributed by atoms with E-state index >= 15 is 0 Å². The minimum absolute atomic E-state index is 0.0212. The minimum atomic E-state index is -0.0212. The maximum Gasteiger partial charge on any atom is 0.216 e. The zero-order valence-electron chi connectivity index (χ0n) is 10.3. The third kappa shape index (κ3) is 2.92. The molecule has 0 radical (unpaired) electrons. The fourth-order valence-electron chi connectivity index (χ4n) is 2.22. The SMILES string of the molecule is COc1cc(CC(N)C2OCCC2C)ncn1. The molecular formula is C12H19N3O2.